The van der Waals surface area contributed by atoms with Crippen LogP contribution < -0.4 is 4.90 Å². The number of likely N-dealkylation sites (tertiary alicyclic amines) is 1. The molecule has 1 spiro atoms. The van der Waals surface area contributed by atoms with E-state index in [1.807, 2.05) is 70.2 Å². The van der Waals surface area contributed by atoms with E-state index in [-0.39, 0.29) is 30.2 Å². The van der Waals surface area contributed by atoms with Gasteiger partial charge in [-0.25, -0.2) is 0 Å². The number of nitrogens with zero attached hydrogens (tertiary/aromatic N) is 3. The second-order valence-electron chi connectivity index (χ2n) is 10.9. The Morgan fingerprint density at radius 3 is 2.53 bits per heavy atom. The molecule has 0 radical (unpaired) electrons. The summed E-state index contributed by atoms with van der Waals surface area (Å²) < 4.78 is 6.63. The van der Waals surface area contributed by atoms with Gasteiger partial charge >= 0.3 is 0 Å². The first-order chi connectivity index (χ1) is 17.1. The van der Waals surface area contributed by atoms with Crippen molar-refractivity contribution in [3.63, 3.8) is 0 Å². The van der Waals surface area contributed by atoms with Crippen LogP contribution in [0.25, 0.3) is 0 Å². The summed E-state index contributed by atoms with van der Waals surface area (Å²) >= 11 is 0. The molecule has 36 heavy (non-hydrogen) atoms. The second-order valence-corrected chi connectivity index (χ2v) is 10.9. The fraction of sp³-hybridized carbons (Fsp3) is 0.536. The maximum atomic E-state index is 14.5. The Balaban J connectivity index is 1.68. The van der Waals surface area contributed by atoms with E-state index in [9.17, 15) is 19.5 Å². The molecule has 8 heteroatoms. The van der Waals surface area contributed by atoms with E-state index in [2.05, 4.69) is 0 Å². The van der Waals surface area contributed by atoms with Crippen molar-refractivity contribution in [1.82, 2.24) is 9.80 Å². The van der Waals surface area contributed by atoms with E-state index in [1.165, 1.54) is 4.90 Å². The van der Waals surface area contributed by atoms with E-state index in [0.717, 1.165) is 16.8 Å². The van der Waals surface area contributed by atoms with Gasteiger partial charge in [-0.1, -0.05) is 50.3 Å². The molecule has 4 aliphatic heterocycles. The van der Waals surface area contributed by atoms with Crippen LogP contribution in [-0.4, -0.2) is 83.2 Å². The van der Waals surface area contributed by atoms with Gasteiger partial charge in [0.15, 0.2) is 0 Å². The second kappa shape index (κ2) is 8.85. The van der Waals surface area contributed by atoms with Crippen molar-refractivity contribution >= 4 is 23.4 Å². The number of aliphatic hydroxyl groups excluding tert-OH is 1. The highest BCUT2D eigenvalue weighted by atomic mass is 16.5. The number of likely N-dealkylation sites (N-methyl/N-ethyl adjacent to an activating group) is 1. The van der Waals surface area contributed by atoms with Crippen molar-refractivity contribution in [2.75, 3.05) is 31.6 Å². The summed E-state index contributed by atoms with van der Waals surface area (Å²) in [4.78, 5) is 47.0. The van der Waals surface area contributed by atoms with Gasteiger partial charge in [-0.15, -0.1) is 0 Å². The molecule has 1 unspecified atom stereocenters. The Hall–Kier alpha value is -2.97. The largest absolute Gasteiger partial charge is 0.394 e. The first kappa shape index (κ1) is 24.7. The predicted octanol–water partition coefficient (Wildman–Crippen LogP) is 1.83. The van der Waals surface area contributed by atoms with Crippen molar-refractivity contribution in [3.05, 3.63) is 53.6 Å². The molecule has 1 N–H and O–H groups in total. The molecule has 4 heterocycles. The highest BCUT2D eigenvalue weighted by molar-refractivity contribution is 6.06. The molecule has 1 aromatic carbocycles. The molecule has 0 bridgehead atoms. The Bertz CT molecular complexity index is 1160. The zero-order chi connectivity index (χ0) is 25.9. The first-order valence-corrected chi connectivity index (χ1v) is 12.7. The van der Waals surface area contributed by atoms with Crippen molar-refractivity contribution in [2.24, 2.45) is 17.8 Å². The summed E-state index contributed by atoms with van der Waals surface area (Å²) in [7, 11) is 1.72. The Labute approximate surface area is 212 Å². The van der Waals surface area contributed by atoms with Crippen molar-refractivity contribution in [2.45, 2.75) is 51.5 Å². The summed E-state index contributed by atoms with van der Waals surface area (Å²) in [6.07, 6.45) is 6.86. The maximum absolute atomic E-state index is 14.5. The summed E-state index contributed by atoms with van der Waals surface area (Å²) in [5.74, 6) is -2.42. The summed E-state index contributed by atoms with van der Waals surface area (Å²) in [6, 6.07) is 4.38. The molecule has 2 fully saturated rings. The van der Waals surface area contributed by atoms with Crippen LogP contribution in [-0.2, 0) is 19.1 Å². The molecule has 2 saturated heterocycles. The van der Waals surface area contributed by atoms with Gasteiger partial charge in [0.05, 0.1) is 30.6 Å². The number of benzene rings is 1. The third-order valence-electron chi connectivity index (χ3n) is 8.27. The molecular formula is C28H35N3O5. The minimum atomic E-state index is -1.30. The summed E-state index contributed by atoms with van der Waals surface area (Å²) in [5, 5.41) is 10.4. The van der Waals surface area contributed by atoms with E-state index in [4.69, 9.17) is 4.74 Å². The zero-order valence-corrected chi connectivity index (χ0v) is 21.5. The SMILES string of the molecule is Cc1ccc(C)c(N2CC=C[C@]34O[C@@H]5C=CCN(C)C(=O)[C@@H]5[C@H]3C(=O)N([C@@H](CO)C(C)C)C4C2=O)c1. The van der Waals surface area contributed by atoms with Crippen LogP contribution in [0.1, 0.15) is 25.0 Å². The van der Waals surface area contributed by atoms with Gasteiger partial charge < -0.3 is 24.5 Å². The van der Waals surface area contributed by atoms with Crippen molar-refractivity contribution in [1.29, 1.82) is 0 Å². The third-order valence-corrected chi connectivity index (χ3v) is 8.27. The average molecular weight is 494 g/mol. The Morgan fingerprint density at radius 1 is 1.08 bits per heavy atom. The normalized spacial score (nSPS) is 32.5. The summed E-state index contributed by atoms with van der Waals surface area (Å²) in [6.45, 7) is 8.26. The lowest BCUT2D eigenvalue weighted by Crippen LogP contribution is -2.59. The van der Waals surface area contributed by atoms with Crippen LogP contribution in [0.5, 0.6) is 0 Å². The van der Waals surface area contributed by atoms with Crippen LogP contribution in [0.15, 0.2) is 42.5 Å². The molecule has 0 aromatic heterocycles. The number of hydrogen-bond donors (Lipinski definition) is 1. The highest BCUT2D eigenvalue weighted by Gasteiger charge is 2.72. The van der Waals surface area contributed by atoms with Gasteiger partial charge in [0.1, 0.15) is 11.6 Å². The minimum Gasteiger partial charge on any atom is -0.394 e. The molecule has 1 aromatic rings. The lowest BCUT2D eigenvalue weighted by atomic mass is 9.77. The monoisotopic (exact) mass is 493 g/mol. The van der Waals surface area contributed by atoms with E-state index in [1.54, 1.807) is 16.8 Å². The number of amides is 3. The molecule has 0 saturated carbocycles. The standard InChI is InChI=1S/C28H35N3O5/c1-16(2)20(15-32)31-24-27(35)30(19-14-17(3)9-10-18(19)4)13-7-11-28(24)23(26(31)34)22-21(36-28)8-6-12-29(5)25(22)33/h6-11,14,16,20-24,32H,12-13,15H2,1-5H3/t20-,21+,22-,23-,24?,28-/m0/s1. The van der Waals surface area contributed by atoms with E-state index >= 15 is 0 Å². The van der Waals surface area contributed by atoms with Crippen LogP contribution in [0, 0.1) is 31.6 Å². The van der Waals surface area contributed by atoms with E-state index < -0.39 is 35.6 Å². The molecule has 5 rings (SSSR count). The van der Waals surface area contributed by atoms with Gasteiger partial charge in [0.25, 0.3) is 5.91 Å². The number of hydrogen-bond acceptors (Lipinski definition) is 5. The lowest BCUT2D eigenvalue weighted by Gasteiger charge is -2.40. The number of anilines is 1. The number of aryl methyl sites for hydroxylation is 2. The van der Waals surface area contributed by atoms with Crippen LogP contribution in [0.2, 0.25) is 0 Å². The van der Waals surface area contributed by atoms with Crippen LogP contribution in [0.3, 0.4) is 0 Å². The topological polar surface area (TPSA) is 90.4 Å². The highest BCUT2D eigenvalue weighted by Crippen LogP contribution is 2.54. The fourth-order valence-corrected chi connectivity index (χ4v) is 6.41. The maximum Gasteiger partial charge on any atom is 0.253 e. The van der Waals surface area contributed by atoms with E-state index in [0.29, 0.717) is 13.1 Å². The predicted molar refractivity (Wildman–Crippen MR) is 135 cm³/mol. The minimum absolute atomic E-state index is 0.104. The van der Waals surface area contributed by atoms with Gasteiger partial charge in [-0.05, 0) is 37.0 Å². The molecule has 3 amide bonds. The molecule has 8 nitrogen and oxygen atoms in total. The molecule has 4 aliphatic rings. The average Bonchev–Trinajstić information content (AvgIpc) is 3.15. The van der Waals surface area contributed by atoms with Gasteiger partial charge in [0, 0.05) is 25.8 Å². The Kier molecular flexibility index (Phi) is 6.08. The number of fused-ring (bicyclic) bond motifs is 2. The molecular weight excluding hydrogens is 458 g/mol. The Morgan fingerprint density at radius 2 is 1.83 bits per heavy atom. The number of carbonyl (C=O) groups is 3. The molecule has 192 valence electrons. The van der Waals surface area contributed by atoms with Crippen molar-refractivity contribution < 1.29 is 24.2 Å². The van der Waals surface area contributed by atoms with Gasteiger partial charge in [-0.2, -0.15) is 0 Å². The number of aliphatic hydroxyl groups is 1. The lowest BCUT2D eigenvalue weighted by molar-refractivity contribution is -0.147. The van der Waals surface area contributed by atoms with Crippen LogP contribution in [0.4, 0.5) is 5.69 Å². The molecule has 6 atom stereocenters. The van der Waals surface area contributed by atoms with Gasteiger partial charge in [0.2, 0.25) is 11.8 Å². The number of rotatable bonds is 4. The first-order valence-electron chi connectivity index (χ1n) is 12.7. The summed E-state index contributed by atoms with van der Waals surface area (Å²) in [5.41, 5.74) is 1.46. The fourth-order valence-electron chi connectivity index (χ4n) is 6.41. The third kappa shape index (κ3) is 3.45. The van der Waals surface area contributed by atoms with Crippen molar-refractivity contribution in [3.8, 4) is 0 Å². The van der Waals surface area contributed by atoms with Gasteiger partial charge in [-0.3, -0.25) is 14.4 Å². The van der Waals surface area contributed by atoms with Crippen LogP contribution >= 0.6 is 0 Å². The smallest absolute Gasteiger partial charge is 0.253 e. The molecule has 0 aliphatic carbocycles. The quantitative estimate of drug-likeness (QED) is 0.647. The zero-order valence-electron chi connectivity index (χ0n) is 21.5. The number of ether oxygens (including phenoxy) is 1. The number of carbonyl (C=O) groups excluding carboxylic acids is 3.